The van der Waals surface area contributed by atoms with Gasteiger partial charge in [0.2, 0.25) is 5.91 Å². The highest BCUT2D eigenvalue weighted by Crippen LogP contribution is 2.30. The van der Waals surface area contributed by atoms with Crippen molar-refractivity contribution in [3.8, 4) is 5.75 Å². The molecule has 1 aromatic carbocycles. The average molecular weight is 241 g/mol. The first-order chi connectivity index (χ1) is 7.99. The molecule has 1 aliphatic heterocycles. The fraction of sp³-hybridized carbons (Fsp3) is 0.417. The molecule has 17 heavy (non-hydrogen) atoms. The lowest BCUT2D eigenvalue weighted by atomic mass is 10.0. The normalized spacial score (nSPS) is 18.2. The fourth-order valence-electron chi connectivity index (χ4n) is 1.93. The van der Waals surface area contributed by atoms with E-state index in [1.165, 1.54) is 17.9 Å². The van der Waals surface area contributed by atoms with Crippen molar-refractivity contribution in [2.45, 2.75) is 19.4 Å². The Morgan fingerprint density at radius 2 is 2.18 bits per heavy atom. The highest BCUT2D eigenvalue weighted by molar-refractivity contribution is 5.73. The van der Waals surface area contributed by atoms with Crippen LogP contribution >= 0.6 is 0 Å². The minimum absolute atomic E-state index is 0.0969. The summed E-state index contributed by atoms with van der Waals surface area (Å²) in [7, 11) is 1.65. The molecule has 0 N–H and O–H groups in total. The molecular formula is C12H13F2NO2. The van der Waals surface area contributed by atoms with Crippen LogP contribution in [-0.2, 0) is 11.2 Å². The summed E-state index contributed by atoms with van der Waals surface area (Å²) < 4.78 is 31.7. The second-order valence-electron chi connectivity index (χ2n) is 4.17. The van der Waals surface area contributed by atoms with E-state index in [9.17, 15) is 13.6 Å². The molecule has 92 valence electrons. The number of carbonyl (C=O) groups excluding carboxylic acids is 1. The van der Waals surface area contributed by atoms with Gasteiger partial charge in [0.05, 0.1) is 6.04 Å². The molecule has 1 heterocycles. The highest BCUT2D eigenvalue weighted by Gasteiger charge is 2.27. The van der Waals surface area contributed by atoms with Gasteiger partial charge in [-0.3, -0.25) is 4.79 Å². The van der Waals surface area contributed by atoms with Gasteiger partial charge in [-0.25, -0.2) is 8.78 Å². The number of hydrogen-bond donors (Lipinski definition) is 0. The topological polar surface area (TPSA) is 29.5 Å². The smallest absolute Gasteiger partial charge is 0.219 e. The Labute approximate surface area is 98.0 Å². The molecule has 0 saturated heterocycles. The van der Waals surface area contributed by atoms with Crippen LogP contribution in [0.2, 0.25) is 0 Å². The number of benzene rings is 1. The maximum absolute atomic E-state index is 13.4. The Bertz CT molecular complexity index is 462. The molecule has 0 fully saturated rings. The van der Waals surface area contributed by atoms with E-state index < -0.39 is 11.6 Å². The summed E-state index contributed by atoms with van der Waals surface area (Å²) in [6, 6.07) is 1.87. The summed E-state index contributed by atoms with van der Waals surface area (Å²) in [5.74, 6) is -1.32. The van der Waals surface area contributed by atoms with Crippen LogP contribution in [0.4, 0.5) is 8.78 Å². The molecule has 1 aliphatic rings. The van der Waals surface area contributed by atoms with Crippen LogP contribution in [0.3, 0.4) is 0 Å². The molecular weight excluding hydrogens is 228 g/mol. The number of amides is 1. The van der Waals surface area contributed by atoms with Crippen molar-refractivity contribution < 1.29 is 18.3 Å². The third kappa shape index (κ3) is 2.23. The van der Waals surface area contributed by atoms with Crippen molar-refractivity contribution in [2.75, 3.05) is 13.7 Å². The van der Waals surface area contributed by atoms with E-state index in [1.807, 2.05) is 0 Å². The fourth-order valence-corrected chi connectivity index (χ4v) is 1.93. The molecule has 0 aromatic heterocycles. The maximum Gasteiger partial charge on any atom is 0.219 e. The van der Waals surface area contributed by atoms with Crippen LogP contribution in [0.15, 0.2) is 12.1 Å². The molecule has 0 bridgehead atoms. The maximum atomic E-state index is 13.4. The third-order valence-electron chi connectivity index (χ3n) is 3.01. The van der Waals surface area contributed by atoms with Crippen LogP contribution in [0.5, 0.6) is 5.75 Å². The zero-order valence-electron chi connectivity index (χ0n) is 9.67. The Balaban J connectivity index is 2.27. The largest absolute Gasteiger partial charge is 0.488 e. The molecule has 0 saturated carbocycles. The third-order valence-corrected chi connectivity index (χ3v) is 3.01. The van der Waals surface area contributed by atoms with Crippen molar-refractivity contribution in [1.29, 1.82) is 0 Å². The van der Waals surface area contributed by atoms with Crippen molar-refractivity contribution in [1.82, 2.24) is 4.90 Å². The van der Waals surface area contributed by atoms with Gasteiger partial charge in [0.25, 0.3) is 0 Å². The van der Waals surface area contributed by atoms with E-state index in [0.717, 1.165) is 6.07 Å². The number of ether oxygens (including phenoxy) is 1. The van der Waals surface area contributed by atoms with Gasteiger partial charge in [0.15, 0.2) is 11.6 Å². The van der Waals surface area contributed by atoms with E-state index in [-0.39, 0.29) is 24.3 Å². The summed E-state index contributed by atoms with van der Waals surface area (Å²) >= 11 is 0. The first-order valence-corrected chi connectivity index (χ1v) is 5.33. The van der Waals surface area contributed by atoms with Crippen LogP contribution < -0.4 is 4.74 Å². The molecule has 0 unspecified atom stereocenters. The Morgan fingerprint density at radius 3 is 2.82 bits per heavy atom. The van der Waals surface area contributed by atoms with Crippen molar-refractivity contribution >= 4 is 5.91 Å². The quantitative estimate of drug-likeness (QED) is 0.749. The van der Waals surface area contributed by atoms with E-state index in [2.05, 4.69) is 0 Å². The predicted octanol–water partition coefficient (Wildman–Crippen LogP) is 1.75. The Morgan fingerprint density at radius 1 is 1.47 bits per heavy atom. The molecule has 3 nitrogen and oxygen atoms in total. The van der Waals surface area contributed by atoms with Crippen molar-refractivity contribution in [2.24, 2.45) is 0 Å². The SMILES string of the molecule is CC(=O)N(C)[C@H]1COc2c(F)cc(F)cc2C1. The lowest BCUT2D eigenvalue weighted by molar-refractivity contribution is -0.130. The second-order valence-corrected chi connectivity index (χ2v) is 4.17. The average Bonchev–Trinajstić information content (AvgIpc) is 2.26. The number of fused-ring (bicyclic) bond motifs is 1. The number of rotatable bonds is 1. The number of halogens is 2. The Hall–Kier alpha value is -1.65. The lowest BCUT2D eigenvalue weighted by Gasteiger charge is -2.32. The van der Waals surface area contributed by atoms with E-state index in [4.69, 9.17) is 4.74 Å². The molecule has 0 aliphatic carbocycles. The van der Waals surface area contributed by atoms with Gasteiger partial charge < -0.3 is 9.64 Å². The summed E-state index contributed by atoms with van der Waals surface area (Å²) in [5.41, 5.74) is 0.465. The number of carbonyl (C=O) groups is 1. The first kappa shape index (κ1) is 11.8. The van der Waals surface area contributed by atoms with Gasteiger partial charge in [0, 0.05) is 25.6 Å². The van der Waals surface area contributed by atoms with Crippen LogP contribution in [-0.4, -0.2) is 30.5 Å². The van der Waals surface area contributed by atoms with Gasteiger partial charge in [-0.05, 0) is 12.5 Å². The van der Waals surface area contributed by atoms with Gasteiger partial charge in [0.1, 0.15) is 12.4 Å². The molecule has 2 rings (SSSR count). The predicted molar refractivity (Wildman–Crippen MR) is 57.8 cm³/mol. The number of nitrogens with zero attached hydrogens (tertiary/aromatic N) is 1. The zero-order valence-corrected chi connectivity index (χ0v) is 9.67. The Kier molecular flexibility index (Phi) is 3.00. The number of hydrogen-bond acceptors (Lipinski definition) is 2. The van der Waals surface area contributed by atoms with Crippen molar-refractivity contribution in [3.05, 3.63) is 29.3 Å². The van der Waals surface area contributed by atoms with Gasteiger partial charge in [-0.2, -0.15) is 0 Å². The standard InChI is InChI=1S/C12H13F2NO2/c1-7(16)15(2)10-4-8-3-9(13)5-11(14)12(8)17-6-10/h3,5,10H,4,6H2,1-2H3/t10-/m1/s1. The van der Waals surface area contributed by atoms with Crippen LogP contribution in [0.25, 0.3) is 0 Å². The van der Waals surface area contributed by atoms with Gasteiger partial charge in [-0.15, -0.1) is 0 Å². The molecule has 5 heteroatoms. The molecule has 0 spiro atoms. The monoisotopic (exact) mass is 241 g/mol. The van der Waals surface area contributed by atoms with Gasteiger partial charge >= 0.3 is 0 Å². The highest BCUT2D eigenvalue weighted by atomic mass is 19.1. The molecule has 1 aromatic rings. The molecule has 1 amide bonds. The van der Waals surface area contributed by atoms with E-state index >= 15 is 0 Å². The minimum Gasteiger partial charge on any atom is -0.488 e. The van der Waals surface area contributed by atoms with Crippen LogP contribution in [0, 0.1) is 11.6 Å². The molecule has 0 radical (unpaired) electrons. The van der Waals surface area contributed by atoms with Crippen LogP contribution in [0.1, 0.15) is 12.5 Å². The van der Waals surface area contributed by atoms with E-state index in [1.54, 1.807) is 7.05 Å². The van der Waals surface area contributed by atoms with E-state index in [0.29, 0.717) is 12.0 Å². The minimum atomic E-state index is -0.691. The summed E-state index contributed by atoms with van der Waals surface area (Å²) in [4.78, 5) is 12.7. The summed E-state index contributed by atoms with van der Waals surface area (Å²) in [6.07, 6.45) is 0.403. The molecule has 1 atom stereocenters. The summed E-state index contributed by atoms with van der Waals surface area (Å²) in [6.45, 7) is 1.67. The lowest BCUT2D eigenvalue weighted by Crippen LogP contribution is -2.43. The first-order valence-electron chi connectivity index (χ1n) is 5.33. The summed E-state index contributed by atoms with van der Waals surface area (Å²) in [5, 5.41) is 0. The zero-order chi connectivity index (χ0) is 12.6. The van der Waals surface area contributed by atoms with Gasteiger partial charge in [-0.1, -0.05) is 0 Å². The van der Waals surface area contributed by atoms with Crippen molar-refractivity contribution in [3.63, 3.8) is 0 Å². The number of likely N-dealkylation sites (N-methyl/N-ethyl adjacent to an activating group) is 1. The second kappa shape index (κ2) is 4.31.